The number of allylic oxidation sites excluding steroid dienone is 1. The maximum atomic E-state index is 3.22. The molecule has 0 fully saturated rings. The Balaban J connectivity index is 1.94. The van der Waals surface area contributed by atoms with Gasteiger partial charge in [-0.15, -0.1) is 0 Å². The van der Waals surface area contributed by atoms with Gasteiger partial charge >= 0.3 is 0 Å². The minimum atomic E-state index is 0.803. The van der Waals surface area contributed by atoms with Gasteiger partial charge in [0.1, 0.15) is 0 Å². The number of rotatable bonds is 1. The fourth-order valence-corrected chi connectivity index (χ4v) is 2.37. The molecule has 0 N–H and O–H groups in total. The molecule has 0 aliphatic carbocycles. The molecule has 0 nitrogen and oxygen atoms in total. The van der Waals surface area contributed by atoms with E-state index in [1.807, 2.05) is 48.5 Å². The van der Waals surface area contributed by atoms with Crippen LogP contribution >= 0.6 is 0 Å². The molecule has 0 aliphatic rings. The summed E-state index contributed by atoms with van der Waals surface area (Å²) in [4.78, 5) is 0. The molecule has 26 heavy (non-hydrogen) atoms. The summed E-state index contributed by atoms with van der Waals surface area (Å²) < 4.78 is 0. The molecule has 0 saturated carbocycles. The zero-order chi connectivity index (χ0) is 18.2. The van der Waals surface area contributed by atoms with Crippen LogP contribution in [0.25, 0.3) is 6.08 Å². The van der Waals surface area contributed by atoms with Gasteiger partial charge in [-0.05, 0) is 49.8 Å². The highest BCUT2D eigenvalue weighted by atomic mass is 14.0. The fourth-order valence-electron chi connectivity index (χ4n) is 2.37. The Morgan fingerprint density at radius 3 is 1.54 bits per heavy atom. The highest BCUT2D eigenvalue weighted by Gasteiger charge is 1.92. The van der Waals surface area contributed by atoms with Crippen LogP contribution in [0.2, 0.25) is 0 Å². The van der Waals surface area contributed by atoms with E-state index in [2.05, 4.69) is 73.9 Å². The zero-order valence-electron chi connectivity index (χ0n) is 15.1. The number of hydrogen-bond acceptors (Lipinski definition) is 0. The highest BCUT2D eigenvalue weighted by molar-refractivity contribution is 5.66. The van der Waals surface area contributed by atoms with E-state index in [4.69, 9.17) is 0 Å². The third kappa shape index (κ3) is 5.27. The van der Waals surface area contributed by atoms with E-state index >= 15 is 0 Å². The average molecular weight is 332 g/mol. The maximum absolute atomic E-state index is 3.22. The lowest BCUT2D eigenvalue weighted by Gasteiger charge is -1.95. The van der Waals surface area contributed by atoms with Gasteiger partial charge in [0.2, 0.25) is 0 Å². The summed E-state index contributed by atoms with van der Waals surface area (Å²) in [5.41, 5.74) is 6.35. The lowest BCUT2D eigenvalue weighted by molar-refractivity contribution is 1.46. The van der Waals surface area contributed by atoms with E-state index < -0.39 is 0 Å². The maximum Gasteiger partial charge on any atom is 0.0757 e. The molecule has 0 aromatic heterocycles. The van der Waals surface area contributed by atoms with Crippen molar-refractivity contribution in [3.05, 3.63) is 112 Å². The van der Waals surface area contributed by atoms with E-state index in [1.165, 1.54) is 11.1 Å². The molecular weight excluding hydrogens is 312 g/mol. The molecule has 0 atom stereocenters. The van der Waals surface area contributed by atoms with Crippen molar-refractivity contribution >= 4 is 6.08 Å². The Labute approximate surface area is 156 Å². The van der Waals surface area contributed by atoms with Gasteiger partial charge in [0.15, 0.2) is 0 Å². The van der Waals surface area contributed by atoms with Gasteiger partial charge in [0.25, 0.3) is 0 Å². The van der Waals surface area contributed by atoms with Gasteiger partial charge in [-0.25, -0.2) is 0 Å². The van der Waals surface area contributed by atoms with Crippen LogP contribution in [0.3, 0.4) is 0 Å². The molecule has 0 heterocycles. The quantitative estimate of drug-likeness (QED) is 0.495. The number of benzene rings is 3. The van der Waals surface area contributed by atoms with Crippen molar-refractivity contribution in [1.82, 2.24) is 0 Å². The Hall–Kier alpha value is -3.48. The molecule has 3 aromatic carbocycles. The van der Waals surface area contributed by atoms with Crippen LogP contribution in [-0.4, -0.2) is 0 Å². The minimum absolute atomic E-state index is 0.803. The molecule has 0 aliphatic heterocycles. The molecule has 124 valence electrons. The summed E-state index contributed by atoms with van der Waals surface area (Å²) in [6.45, 7) is 4.15. The normalized spacial score (nSPS) is 9.31. The second-order valence-electron chi connectivity index (χ2n) is 6.20. The first kappa shape index (κ1) is 17.3. The largest absolute Gasteiger partial charge is 0.0757 e. The summed E-state index contributed by atoms with van der Waals surface area (Å²) in [7, 11) is 0. The SMILES string of the molecule is Cc1ccc(C#CC(C#Cc2ccc(C)cc2)=Cc2ccccc2)cc1. The zero-order valence-corrected chi connectivity index (χ0v) is 15.1. The predicted octanol–water partition coefficient (Wildman–Crippen LogP) is 5.79. The smallest absolute Gasteiger partial charge is 0.0622 e. The first-order chi connectivity index (χ1) is 12.7. The van der Waals surface area contributed by atoms with Crippen LogP contribution in [0.15, 0.2) is 84.4 Å². The van der Waals surface area contributed by atoms with Crippen molar-refractivity contribution in [1.29, 1.82) is 0 Å². The van der Waals surface area contributed by atoms with E-state index in [1.54, 1.807) is 0 Å². The van der Waals surface area contributed by atoms with Crippen molar-refractivity contribution in [3.8, 4) is 23.7 Å². The van der Waals surface area contributed by atoms with Gasteiger partial charge in [-0.3, -0.25) is 0 Å². The van der Waals surface area contributed by atoms with E-state index in [9.17, 15) is 0 Å². The topological polar surface area (TPSA) is 0 Å². The lowest BCUT2D eigenvalue weighted by Crippen LogP contribution is -1.80. The molecule has 0 unspecified atom stereocenters. The van der Waals surface area contributed by atoms with Crippen molar-refractivity contribution in [2.45, 2.75) is 13.8 Å². The Morgan fingerprint density at radius 2 is 1.08 bits per heavy atom. The summed E-state index contributed by atoms with van der Waals surface area (Å²) >= 11 is 0. The average Bonchev–Trinajstić information content (AvgIpc) is 2.67. The first-order valence-corrected chi connectivity index (χ1v) is 8.63. The standard InChI is InChI=1S/C26H20/c1-21-8-12-23(13-9-21)16-18-26(20-25-6-4-3-5-7-25)19-17-24-14-10-22(2)11-15-24/h3-15,20H,1-2H3. The molecule has 3 rings (SSSR count). The number of hydrogen-bond donors (Lipinski definition) is 0. The van der Waals surface area contributed by atoms with Gasteiger partial charge in [-0.1, -0.05) is 89.4 Å². The summed E-state index contributed by atoms with van der Waals surface area (Å²) in [5.74, 6) is 12.9. The second-order valence-corrected chi connectivity index (χ2v) is 6.20. The van der Waals surface area contributed by atoms with Gasteiger partial charge < -0.3 is 0 Å². The molecule has 0 heteroatoms. The fraction of sp³-hybridized carbons (Fsp3) is 0.0769. The van der Waals surface area contributed by atoms with Gasteiger partial charge in [-0.2, -0.15) is 0 Å². The van der Waals surface area contributed by atoms with Gasteiger partial charge in [0.05, 0.1) is 5.57 Å². The Kier molecular flexibility index (Phi) is 5.72. The van der Waals surface area contributed by atoms with Crippen LogP contribution in [0, 0.1) is 37.5 Å². The lowest BCUT2D eigenvalue weighted by atomic mass is 10.1. The monoisotopic (exact) mass is 332 g/mol. The molecule has 3 aromatic rings. The van der Waals surface area contributed by atoms with Crippen molar-refractivity contribution in [2.24, 2.45) is 0 Å². The summed E-state index contributed by atoms with van der Waals surface area (Å²) in [6, 6.07) is 26.6. The number of aryl methyl sites for hydroxylation is 2. The molecular formula is C26H20. The summed E-state index contributed by atoms with van der Waals surface area (Å²) in [6.07, 6.45) is 2.03. The van der Waals surface area contributed by atoms with E-state index in [0.717, 1.165) is 22.3 Å². The first-order valence-electron chi connectivity index (χ1n) is 8.63. The minimum Gasteiger partial charge on any atom is -0.0622 e. The Bertz CT molecular complexity index is 945. The van der Waals surface area contributed by atoms with Crippen LogP contribution in [0.5, 0.6) is 0 Å². The highest BCUT2D eigenvalue weighted by Crippen LogP contribution is 2.08. The molecule has 0 bridgehead atoms. The molecule has 0 spiro atoms. The molecule has 0 radical (unpaired) electrons. The van der Waals surface area contributed by atoms with E-state index in [-0.39, 0.29) is 0 Å². The van der Waals surface area contributed by atoms with Crippen LogP contribution in [-0.2, 0) is 0 Å². The second kappa shape index (κ2) is 8.57. The van der Waals surface area contributed by atoms with Crippen LogP contribution < -0.4 is 0 Å². The van der Waals surface area contributed by atoms with Crippen molar-refractivity contribution < 1.29 is 0 Å². The molecule has 0 amide bonds. The van der Waals surface area contributed by atoms with Gasteiger partial charge in [0, 0.05) is 11.1 Å². The predicted molar refractivity (Wildman–Crippen MR) is 111 cm³/mol. The third-order valence-corrected chi connectivity index (χ3v) is 3.90. The van der Waals surface area contributed by atoms with E-state index in [0.29, 0.717) is 0 Å². The summed E-state index contributed by atoms with van der Waals surface area (Å²) in [5, 5.41) is 0. The van der Waals surface area contributed by atoms with Crippen molar-refractivity contribution in [3.63, 3.8) is 0 Å². The van der Waals surface area contributed by atoms with Crippen molar-refractivity contribution in [2.75, 3.05) is 0 Å². The third-order valence-electron chi connectivity index (χ3n) is 3.90. The van der Waals surface area contributed by atoms with Crippen LogP contribution in [0.1, 0.15) is 27.8 Å². The Morgan fingerprint density at radius 1 is 0.615 bits per heavy atom. The molecule has 0 saturated heterocycles. The van der Waals surface area contributed by atoms with Crippen LogP contribution in [0.4, 0.5) is 0 Å².